The maximum atomic E-state index is 11.9. The van der Waals surface area contributed by atoms with Gasteiger partial charge >= 0.3 is 5.97 Å². The van der Waals surface area contributed by atoms with Crippen LogP contribution < -0.4 is 17.2 Å². The summed E-state index contributed by atoms with van der Waals surface area (Å²) >= 11 is 0. The summed E-state index contributed by atoms with van der Waals surface area (Å²) in [6.45, 7) is 3.75. The van der Waals surface area contributed by atoms with Crippen LogP contribution in [0.25, 0.3) is 11.4 Å². The van der Waals surface area contributed by atoms with Gasteiger partial charge in [0.25, 0.3) is 0 Å². The van der Waals surface area contributed by atoms with Gasteiger partial charge in [0.15, 0.2) is 11.7 Å². The van der Waals surface area contributed by atoms with Gasteiger partial charge in [-0.3, -0.25) is 0 Å². The first-order valence-corrected chi connectivity index (χ1v) is 7.19. The molecule has 1 aromatic carbocycles. The van der Waals surface area contributed by atoms with E-state index in [0.717, 1.165) is 0 Å². The number of aryl methyl sites for hydroxylation is 1. The summed E-state index contributed by atoms with van der Waals surface area (Å²) in [5.41, 5.74) is 18.2. The van der Waals surface area contributed by atoms with Crippen molar-refractivity contribution in [2.45, 2.75) is 13.8 Å². The van der Waals surface area contributed by atoms with Crippen molar-refractivity contribution in [2.75, 3.05) is 6.61 Å². The van der Waals surface area contributed by atoms with Crippen molar-refractivity contribution in [3.63, 3.8) is 0 Å². The van der Waals surface area contributed by atoms with E-state index in [9.17, 15) is 4.79 Å². The number of imidazole rings is 1. The van der Waals surface area contributed by atoms with Crippen molar-refractivity contribution >= 4 is 23.6 Å². The lowest BCUT2D eigenvalue weighted by atomic mass is 10.2. The molecule has 126 valence electrons. The monoisotopic (exact) mass is 329 g/mol. The van der Waals surface area contributed by atoms with Crippen LogP contribution in [0.1, 0.15) is 23.1 Å². The largest absolute Gasteiger partial charge is 0.461 e. The number of nitrogens with one attached hydrogen (secondary N) is 1. The van der Waals surface area contributed by atoms with Gasteiger partial charge in [-0.25, -0.2) is 14.8 Å². The molecule has 0 saturated heterocycles. The second kappa shape index (κ2) is 7.27. The Kier molecular flexibility index (Phi) is 5.15. The van der Waals surface area contributed by atoms with Gasteiger partial charge in [-0.15, -0.1) is 0 Å². The maximum absolute atomic E-state index is 11.9. The first-order chi connectivity index (χ1) is 11.4. The van der Waals surface area contributed by atoms with Crippen molar-refractivity contribution < 1.29 is 9.53 Å². The lowest BCUT2D eigenvalue weighted by Gasteiger charge is -2.03. The molecule has 24 heavy (non-hydrogen) atoms. The summed E-state index contributed by atoms with van der Waals surface area (Å²) in [4.78, 5) is 27.1. The maximum Gasteiger partial charge on any atom is 0.358 e. The summed E-state index contributed by atoms with van der Waals surface area (Å²) in [7, 11) is 0. The third-order valence-corrected chi connectivity index (χ3v) is 2.99. The summed E-state index contributed by atoms with van der Waals surface area (Å²) in [5.74, 6) is -0.297. The molecule has 0 unspecified atom stereocenters. The number of rotatable bonds is 4. The van der Waals surface area contributed by atoms with E-state index in [-0.39, 0.29) is 24.2 Å². The zero-order valence-corrected chi connectivity index (χ0v) is 13.4. The Bertz CT molecular complexity index is 804. The molecule has 0 saturated carbocycles. The van der Waals surface area contributed by atoms with Gasteiger partial charge in [-0.05, 0) is 26.0 Å². The summed E-state index contributed by atoms with van der Waals surface area (Å²) in [6.07, 6.45) is 0. The number of aliphatic imine (C=N–C) groups is 2. The zero-order chi connectivity index (χ0) is 17.7. The van der Waals surface area contributed by atoms with Gasteiger partial charge in [0.2, 0.25) is 5.96 Å². The van der Waals surface area contributed by atoms with Crippen LogP contribution in [0.5, 0.6) is 0 Å². The fourth-order valence-electron chi connectivity index (χ4n) is 2.04. The number of ether oxygens (including phenoxy) is 1. The number of esters is 1. The van der Waals surface area contributed by atoms with E-state index in [1.165, 1.54) is 0 Å². The van der Waals surface area contributed by atoms with E-state index in [1.807, 2.05) is 6.07 Å². The number of aromatic nitrogens is 2. The van der Waals surface area contributed by atoms with Crippen LogP contribution in [0.15, 0.2) is 34.3 Å². The molecule has 7 N–H and O–H groups in total. The Morgan fingerprint density at radius 1 is 1.29 bits per heavy atom. The van der Waals surface area contributed by atoms with E-state index in [2.05, 4.69) is 20.0 Å². The van der Waals surface area contributed by atoms with Crippen LogP contribution in [0.2, 0.25) is 0 Å². The molecule has 0 radical (unpaired) electrons. The van der Waals surface area contributed by atoms with Crippen molar-refractivity contribution in [1.82, 2.24) is 9.97 Å². The Hall–Kier alpha value is -3.36. The number of H-pyrrole nitrogens is 1. The second-order valence-electron chi connectivity index (χ2n) is 4.80. The predicted octanol–water partition coefficient (Wildman–Crippen LogP) is 0.781. The fraction of sp³-hybridized carbons (Fsp3) is 0.200. The normalized spacial score (nSPS) is 11.2. The standard InChI is InChI=1S/C15H19N7O2/c1-3-24-13(23)11-8(2)19-12(21-11)9-6-4-5-7-10(9)20-15(18)22-14(16)17/h4-7H,3H2,1-2H3,(H,19,21)(H6,16,17,18,20,22). The number of guanidine groups is 2. The summed E-state index contributed by atoms with van der Waals surface area (Å²) in [5, 5.41) is 0. The van der Waals surface area contributed by atoms with Gasteiger partial charge in [-0.1, -0.05) is 12.1 Å². The molecular weight excluding hydrogens is 310 g/mol. The number of carbonyl (C=O) groups excluding carboxylic acids is 1. The first-order valence-electron chi connectivity index (χ1n) is 7.19. The molecule has 0 aliphatic heterocycles. The summed E-state index contributed by atoms with van der Waals surface area (Å²) in [6, 6.07) is 7.11. The highest BCUT2D eigenvalue weighted by atomic mass is 16.5. The number of hydrogen-bond donors (Lipinski definition) is 4. The quantitative estimate of drug-likeness (QED) is 0.368. The highest BCUT2D eigenvalue weighted by molar-refractivity contribution is 5.95. The SMILES string of the molecule is CCOC(=O)c1nc(-c2ccccc2N=C(N)N=C(N)N)[nH]c1C. The Morgan fingerprint density at radius 2 is 2.00 bits per heavy atom. The number of nitrogens with two attached hydrogens (primary N) is 3. The molecule has 0 amide bonds. The number of aromatic amines is 1. The second-order valence-corrected chi connectivity index (χ2v) is 4.80. The minimum Gasteiger partial charge on any atom is -0.461 e. The molecule has 0 aliphatic rings. The molecule has 0 bridgehead atoms. The molecule has 2 rings (SSSR count). The van der Waals surface area contributed by atoms with Crippen molar-refractivity contribution in [2.24, 2.45) is 27.2 Å². The van der Waals surface area contributed by atoms with Gasteiger partial charge in [-0.2, -0.15) is 4.99 Å². The topological polar surface area (TPSA) is 158 Å². The van der Waals surface area contributed by atoms with E-state index >= 15 is 0 Å². The van der Waals surface area contributed by atoms with Crippen LogP contribution in [-0.4, -0.2) is 34.5 Å². The van der Waals surface area contributed by atoms with Gasteiger partial charge in [0.1, 0.15) is 5.82 Å². The number of hydrogen-bond acceptors (Lipinski definition) is 4. The van der Waals surface area contributed by atoms with E-state index in [0.29, 0.717) is 22.8 Å². The lowest BCUT2D eigenvalue weighted by Crippen LogP contribution is -2.26. The molecule has 9 nitrogen and oxygen atoms in total. The third kappa shape index (κ3) is 3.88. The first kappa shape index (κ1) is 17.0. The van der Waals surface area contributed by atoms with Crippen LogP contribution in [0, 0.1) is 6.92 Å². The van der Waals surface area contributed by atoms with Crippen LogP contribution in [0.3, 0.4) is 0 Å². The van der Waals surface area contributed by atoms with Gasteiger partial charge in [0, 0.05) is 11.3 Å². The third-order valence-electron chi connectivity index (χ3n) is 2.99. The predicted molar refractivity (Wildman–Crippen MR) is 91.8 cm³/mol. The molecule has 1 heterocycles. The van der Waals surface area contributed by atoms with Crippen molar-refractivity contribution in [3.05, 3.63) is 35.7 Å². The average Bonchev–Trinajstić information content (AvgIpc) is 2.89. The summed E-state index contributed by atoms with van der Waals surface area (Å²) < 4.78 is 4.98. The Balaban J connectivity index is 2.46. The van der Waals surface area contributed by atoms with E-state index in [4.69, 9.17) is 21.9 Å². The van der Waals surface area contributed by atoms with Crippen molar-refractivity contribution in [1.29, 1.82) is 0 Å². The molecule has 1 aromatic heterocycles. The highest BCUT2D eigenvalue weighted by Crippen LogP contribution is 2.29. The number of para-hydroxylation sites is 1. The van der Waals surface area contributed by atoms with Crippen molar-refractivity contribution in [3.8, 4) is 11.4 Å². The Labute approximate surface area is 138 Å². The minimum absolute atomic E-state index is 0.0867. The Morgan fingerprint density at radius 3 is 2.67 bits per heavy atom. The minimum atomic E-state index is -0.487. The molecule has 0 atom stereocenters. The van der Waals surface area contributed by atoms with E-state index < -0.39 is 5.97 Å². The number of benzene rings is 1. The molecule has 0 spiro atoms. The van der Waals surface area contributed by atoms with Gasteiger partial charge < -0.3 is 26.9 Å². The van der Waals surface area contributed by atoms with Gasteiger partial charge in [0.05, 0.1) is 12.3 Å². The highest BCUT2D eigenvalue weighted by Gasteiger charge is 2.18. The molecule has 2 aromatic rings. The number of nitrogens with zero attached hydrogens (tertiary/aromatic N) is 3. The average molecular weight is 329 g/mol. The smallest absolute Gasteiger partial charge is 0.358 e. The molecule has 0 fully saturated rings. The lowest BCUT2D eigenvalue weighted by molar-refractivity contribution is 0.0519. The molecular formula is C15H19N7O2. The molecule has 0 aliphatic carbocycles. The van der Waals surface area contributed by atoms with Crippen LogP contribution >= 0.6 is 0 Å². The molecule has 9 heteroatoms. The fourth-order valence-corrected chi connectivity index (χ4v) is 2.04. The van der Waals surface area contributed by atoms with Crippen LogP contribution in [-0.2, 0) is 4.74 Å². The zero-order valence-electron chi connectivity index (χ0n) is 13.4. The number of carbonyl (C=O) groups is 1. The van der Waals surface area contributed by atoms with Crippen LogP contribution in [0.4, 0.5) is 5.69 Å². The van der Waals surface area contributed by atoms with E-state index in [1.54, 1.807) is 32.0 Å².